The maximum Gasteiger partial charge on any atom is 0.0101 e. The highest BCUT2D eigenvalue weighted by Crippen LogP contribution is 2.25. The van der Waals surface area contributed by atoms with Crippen LogP contribution in [0.2, 0.25) is 0 Å². The van der Waals surface area contributed by atoms with Crippen LogP contribution in [0.3, 0.4) is 0 Å². The molecule has 1 heterocycles. The van der Waals surface area contributed by atoms with Crippen molar-refractivity contribution in [1.29, 1.82) is 0 Å². The Balaban J connectivity index is 1.84. The lowest BCUT2D eigenvalue weighted by Gasteiger charge is -2.34. The Kier molecular flexibility index (Phi) is 4.25. The maximum absolute atomic E-state index is 2.76. The summed E-state index contributed by atoms with van der Waals surface area (Å²) in [6.45, 7) is 5.03. The predicted octanol–water partition coefficient (Wildman–Crippen LogP) is 3.75. The van der Waals surface area contributed by atoms with Crippen LogP contribution in [-0.4, -0.2) is 24.0 Å². The van der Waals surface area contributed by atoms with Gasteiger partial charge in [-0.2, -0.15) is 0 Å². The zero-order valence-corrected chi connectivity index (χ0v) is 10.2. The third-order valence-corrected chi connectivity index (χ3v) is 4.09. The van der Waals surface area contributed by atoms with Crippen LogP contribution in [0.25, 0.3) is 0 Å². The van der Waals surface area contributed by atoms with E-state index in [2.05, 4.69) is 17.9 Å². The summed E-state index contributed by atoms with van der Waals surface area (Å²) in [4.78, 5) is 2.76. The Morgan fingerprint density at radius 1 is 1.20 bits per heavy atom. The van der Waals surface area contributed by atoms with E-state index in [0.29, 0.717) is 0 Å². The Labute approximate surface area is 94.5 Å². The smallest absolute Gasteiger partial charge is 0.0101 e. The molecule has 1 heteroatoms. The van der Waals surface area contributed by atoms with E-state index in [1.54, 1.807) is 5.57 Å². The fourth-order valence-electron chi connectivity index (χ4n) is 3.05. The van der Waals surface area contributed by atoms with E-state index < -0.39 is 0 Å². The molecule has 0 N–H and O–H groups in total. The van der Waals surface area contributed by atoms with Gasteiger partial charge < -0.3 is 4.90 Å². The summed E-state index contributed by atoms with van der Waals surface area (Å²) in [5.41, 5.74) is 1.70. The van der Waals surface area contributed by atoms with Gasteiger partial charge in [0.25, 0.3) is 0 Å². The normalized spacial score (nSPS) is 29.7. The summed E-state index contributed by atoms with van der Waals surface area (Å²) in [7, 11) is 0. The number of allylic oxidation sites excluding steroid dienone is 2. The van der Waals surface area contributed by atoms with E-state index in [0.717, 1.165) is 6.04 Å². The van der Waals surface area contributed by atoms with E-state index in [4.69, 9.17) is 0 Å². The number of hydrogen-bond acceptors (Lipinski definition) is 1. The van der Waals surface area contributed by atoms with Gasteiger partial charge in [0.05, 0.1) is 0 Å². The van der Waals surface area contributed by atoms with Gasteiger partial charge in [0.1, 0.15) is 0 Å². The molecule has 1 saturated heterocycles. The molecular weight excluding hydrogens is 182 g/mol. The van der Waals surface area contributed by atoms with Gasteiger partial charge in [0, 0.05) is 6.04 Å². The van der Waals surface area contributed by atoms with Gasteiger partial charge in [-0.05, 0) is 58.0 Å². The summed E-state index contributed by atoms with van der Waals surface area (Å²) >= 11 is 0. The van der Waals surface area contributed by atoms with Crippen molar-refractivity contribution in [2.24, 2.45) is 0 Å². The molecule has 0 bridgehead atoms. The maximum atomic E-state index is 2.76. The molecule has 0 saturated carbocycles. The number of hydrogen-bond donors (Lipinski definition) is 0. The third kappa shape index (κ3) is 3.07. The first-order valence-corrected chi connectivity index (χ1v) is 6.82. The second-order valence-corrected chi connectivity index (χ2v) is 5.08. The number of rotatable bonds is 2. The minimum atomic E-state index is 0.894. The quantitative estimate of drug-likeness (QED) is 0.623. The molecule has 2 rings (SSSR count). The molecule has 0 radical (unpaired) electrons. The highest BCUT2D eigenvalue weighted by atomic mass is 15.2. The molecule has 1 atom stereocenters. The monoisotopic (exact) mass is 207 g/mol. The predicted molar refractivity (Wildman–Crippen MR) is 66.1 cm³/mol. The topological polar surface area (TPSA) is 3.24 Å². The van der Waals surface area contributed by atoms with Gasteiger partial charge in [0.15, 0.2) is 0 Å². The van der Waals surface area contributed by atoms with Gasteiger partial charge in [-0.25, -0.2) is 0 Å². The van der Waals surface area contributed by atoms with E-state index in [9.17, 15) is 0 Å². The SMILES string of the molecule is CCC1=CCCC(N2CCCCC2)CC1. The summed E-state index contributed by atoms with van der Waals surface area (Å²) in [6.07, 6.45) is 13.6. The molecule has 0 aromatic rings. The number of likely N-dealkylation sites (tertiary alicyclic amines) is 1. The van der Waals surface area contributed by atoms with Crippen LogP contribution < -0.4 is 0 Å². The Hall–Kier alpha value is -0.300. The number of piperidine rings is 1. The summed E-state index contributed by atoms with van der Waals surface area (Å²) in [6, 6.07) is 0.894. The van der Waals surface area contributed by atoms with Crippen LogP contribution in [0.4, 0.5) is 0 Å². The first-order chi connectivity index (χ1) is 7.40. The van der Waals surface area contributed by atoms with E-state index >= 15 is 0 Å². The zero-order chi connectivity index (χ0) is 10.5. The average Bonchev–Trinajstić information content (AvgIpc) is 2.55. The van der Waals surface area contributed by atoms with Crippen molar-refractivity contribution in [3.05, 3.63) is 11.6 Å². The largest absolute Gasteiger partial charge is 0.300 e. The van der Waals surface area contributed by atoms with Crippen LogP contribution >= 0.6 is 0 Å². The van der Waals surface area contributed by atoms with Crippen molar-refractivity contribution >= 4 is 0 Å². The van der Waals surface area contributed by atoms with Crippen molar-refractivity contribution in [3.8, 4) is 0 Å². The minimum Gasteiger partial charge on any atom is -0.300 e. The lowest BCUT2D eigenvalue weighted by molar-refractivity contribution is 0.150. The number of nitrogens with zero attached hydrogens (tertiary/aromatic N) is 1. The molecule has 1 fully saturated rings. The molecular formula is C14H25N. The minimum absolute atomic E-state index is 0.894. The first-order valence-electron chi connectivity index (χ1n) is 6.82. The highest BCUT2D eigenvalue weighted by molar-refractivity contribution is 5.04. The van der Waals surface area contributed by atoms with Crippen LogP contribution in [0.5, 0.6) is 0 Å². The molecule has 1 unspecified atom stereocenters. The summed E-state index contributed by atoms with van der Waals surface area (Å²) < 4.78 is 0. The molecule has 0 aromatic heterocycles. The highest BCUT2D eigenvalue weighted by Gasteiger charge is 2.21. The van der Waals surface area contributed by atoms with E-state index in [1.807, 2.05) is 0 Å². The second-order valence-electron chi connectivity index (χ2n) is 5.08. The van der Waals surface area contributed by atoms with E-state index in [-0.39, 0.29) is 0 Å². The summed E-state index contributed by atoms with van der Waals surface area (Å²) in [5.74, 6) is 0. The molecule has 1 aliphatic carbocycles. The van der Waals surface area contributed by atoms with Gasteiger partial charge >= 0.3 is 0 Å². The first kappa shape index (κ1) is 11.2. The van der Waals surface area contributed by atoms with Crippen molar-refractivity contribution in [2.45, 2.75) is 64.3 Å². The standard InChI is InChI=1S/C14H25N/c1-2-13-7-6-8-14(10-9-13)15-11-4-3-5-12-15/h7,14H,2-6,8-12H2,1H3. The fraction of sp³-hybridized carbons (Fsp3) is 0.857. The van der Waals surface area contributed by atoms with Crippen molar-refractivity contribution in [3.63, 3.8) is 0 Å². The van der Waals surface area contributed by atoms with Gasteiger partial charge in [-0.15, -0.1) is 0 Å². The van der Waals surface area contributed by atoms with Gasteiger partial charge in [0.2, 0.25) is 0 Å². The molecule has 86 valence electrons. The molecule has 0 spiro atoms. The lowest BCUT2D eigenvalue weighted by Crippen LogP contribution is -2.38. The molecule has 2 aliphatic rings. The van der Waals surface area contributed by atoms with Crippen LogP contribution in [-0.2, 0) is 0 Å². The van der Waals surface area contributed by atoms with Gasteiger partial charge in [-0.1, -0.05) is 25.0 Å². The Morgan fingerprint density at radius 2 is 2.00 bits per heavy atom. The molecule has 1 aliphatic heterocycles. The van der Waals surface area contributed by atoms with E-state index in [1.165, 1.54) is 64.5 Å². The Bertz CT molecular complexity index is 213. The third-order valence-electron chi connectivity index (χ3n) is 4.09. The van der Waals surface area contributed by atoms with Crippen LogP contribution in [0.15, 0.2) is 11.6 Å². The summed E-state index contributed by atoms with van der Waals surface area (Å²) in [5, 5.41) is 0. The molecule has 0 amide bonds. The van der Waals surface area contributed by atoms with Crippen molar-refractivity contribution in [1.82, 2.24) is 4.90 Å². The molecule has 0 aromatic carbocycles. The van der Waals surface area contributed by atoms with Crippen molar-refractivity contribution < 1.29 is 0 Å². The fourth-order valence-corrected chi connectivity index (χ4v) is 3.05. The Morgan fingerprint density at radius 3 is 2.73 bits per heavy atom. The zero-order valence-electron chi connectivity index (χ0n) is 10.2. The lowest BCUT2D eigenvalue weighted by atomic mass is 10.0. The van der Waals surface area contributed by atoms with Crippen LogP contribution in [0, 0.1) is 0 Å². The van der Waals surface area contributed by atoms with Crippen molar-refractivity contribution in [2.75, 3.05) is 13.1 Å². The average molecular weight is 207 g/mol. The second kappa shape index (κ2) is 5.69. The molecule has 1 nitrogen and oxygen atoms in total. The van der Waals surface area contributed by atoms with Crippen LogP contribution in [0.1, 0.15) is 58.3 Å². The van der Waals surface area contributed by atoms with Gasteiger partial charge in [-0.3, -0.25) is 0 Å². The molecule has 15 heavy (non-hydrogen) atoms.